The highest BCUT2D eigenvalue weighted by atomic mass is 35.5. The van der Waals surface area contributed by atoms with Gasteiger partial charge in [0.2, 0.25) is 10.0 Å². The van der Waals surface area contributed by atoms with E-state index in [2.05, 4.69) is 10.2 Å². The number of aryl methyl sites for hydroxylation is 1. The monoisotopic (exact) mass is 498 g/mol. The van der Waals surface area contributed by atoms with Crippen LogP contribution < -0.4 is 4.74 Å². The van der Waals surface area contributed by atoms with Gasteiger partial charge in [0.1, 0.15) is 4.90 Å². The van der Waals surface area contributed by atoms with E-state index in [0.717, 1.165) is 0 Å². The number of carbonyl (C=O) groups is 1. The van der Waals surface area contributed by atoms with Crippen molar-refractivity contribution in [3.8, 4) is 5.75 Å². The third-order valence-electron chi connectivity index (χ3n) is 4.96. The van der Waals surface area contributed by atoms with E-state index in [-0.39, 0.29) is 49.4 Å². The topological polar surface area (TPSA) is 103 Å². The fourth-order valence-electron chi connectivity index (χ4n) is 3.27. The summed E-state index contributed by atoms with van der Waals surface area (Å²) >= 11 is 12.2. The van der Waals surface area contributed by atoms with Crippen LogP contribution in [-0.4, -0.2) is 69.3 Å². The molecule has 1 aliphatic rings. The van der Waals surface area contributed by atoms with Crippen molar-refractivity contribution in [2.45, 2.75) is 11.6 Å². The number of sulfonamides is 1. The average Bonchev–Trinajstić information content (AvgIpc) is 3.42. The normalized spacial score (nSPS) is 15.2. The quantitative estimate of drug-likeness (QED) is 0.515. The Morgan fingerprint density at radius 2 is 1.81 bits per heavy atom. The molecule has 1 saturated heterocycles. The molecule has 0 atom stereocenters. The lowest BCUT2D eigenvalue weighted by Gasteiger charge is -2.33. The fraction of sp³-hybridized carbons (Fsp3) is 0.316. The third kappa shape index (κ3) is 4.60. The predicted octanol–water partition coefficient (Wildman–Crippen LogP) is 2.11. The van der Waals surface area contributed by atoms with Crippen LogP contribution in [0.15, 0.2) is 47.8 Å². The number of para-hydroxylation sites is 1. The van der Waals surface area contributed by atoms with Gasteiger partial charge in [0, 0.05) is 45.6 Å². The van der Waals surface area contributed by atoms with E-state index in [9.17, 15) is 13.2 Å². The number of rotatable bonds is 6. The van der Waals surface area contributed by atoms with E-state index in [1.165, 1.54) is 26.1 Å². The van der Waals surface area contributed by atoms with Crippen molar-refractivity contribution in [1.82, 2.24) is 28.8 Å². The molecular weight excluding hydrogens is 479 g/mol. The molecule has 2 aromatic heterocycles. The van der Waals surface area contributed by atoms with Crippen LogP contribution in [0, 0.1) is 0 Å². The molecule has 3 aromatic rings. The molecule has 1 fully saturated rings. The Morgan fingerprint density at radius 3 is 2.44 bits per heavy atom. The first-order chi connectivity index (χ1) is 15.3. The second kappa shape index (κ2) is 9.10. The summed E-state index contributed by atoms with van der Waals surface area (Å²) in [7, 11) is -1.98. The van der Waals surface area contributed by atoms with E-state index < -0.39 is 10.0 Å². The van der Waals surface area contributed by atoms with Crippen LogP contribution in [0.25, 0.3) is 0 Å². The van der Waals surface area contributed by atoms with Crippen molar-refractivity contribution in [2.75, 3.05) is 26.2 Å². The summed E-state index contributed by atoms with van der Waals surface area (Å²) in [5.41, 5.74) is 0.238. The molecule has 0 N–H and O–H groups in total. The largest absolute Gasteiger partial charge is 0.468 e. The Morgan fingerprint density at radius 1 is 1.12 bits per heavy atom. The Labute approximate surface area is 194 Å². The number of hydrogen-bond acceptors (Lipinski definition) is 6. The molecule has 1 aliphatic heterocycles. The van der Waals surface area contributed by atoms with Gasteiger partial charge in [-0.1, -0.05) is 29.3 Å². The maximum Gasteiger partial charge on any atom is 0.274 e. The molecule has 3 heterocycles. The second-order valence-electron chi connectivity index (χ2n) is 7.11. The summed E-state index contributed by atoms with van der Waals surface area (Å²) in [4.78, 5) is 14.5. The van der Waals surface area contributed by atoms with Crippen LogP contribution in [0.2, 0.25) is 10.0 Å². The van der Waals surface area contributed by atoms with Crippen LogP contribution in [0.4, 0.5) is 0 Å². The zero-order valence-electron chi connectivity index (χ0n) is 17.1. The highest BCUT2D eigenvalue weighted by molar-refractivity contribution is 7.89. The van der Waals surface area contributed by atoms with Gasteiger partial charge in [0.25, 0.3) is 5.91 Å². The number of ether oxygens (including phenoxy) is 1. The molecule has 0 aliphatic carbocycles. The van der Waals surface area contributed by atoms with Gasteiger partial charge in [-0.25, -0.2) is 13.1 Å². The van der Waals surface area contributed by atoms with Crippen LogP contribution in [0.5, 0.6) is 5.75 Å². The highest BCUT2D eigenvalue weighted by Gasteiger charge is 2.31. The van der Waals surface area contributed by atoms with Crippen molar-refractivity contribution in [3.05, 3.63) is 58.6 Å². The highest BCUT2D eigenvalue weighted by Crippen LogP contribution is 2.32. The number of halogens is 2. The maximum atomic E-state index is 12.8. The molecule has 1 aromatic carbocycles. The van der Waals surface area contributed by atoms with Gasteiger partial charge in [0.05, 0.1) is 16.2 Å². The van der Waals surface area contributed by atoms with Gasteiger partial charge in [-0.05, 0) is 18.2 Å². The van der Waals surface area contributed by atoms with Crippen LogP contribution in [0.1, 0.15) is 10.5 Å². The Hall–Kier alpha value is -2.60. The first-order valence-corrected chi connectivity index (χ1v) is 11.8. The van der Waals surface area contributed by atoms with E-state index in [0.29, 0.717) is 15.8 Å². The molecule has 13 heteroatoms. The minimum absolute atomic E-state index is 0.0217. The zero-order valence-corrected chi connectivity index (χ0v) is 19.4. The van der Waals surface area contributed by atoms with Crippen LogP contribution in [-0.2, 0) is 23.8 Å². The smallest absolute Gasteiger partial charge is 0.274 e. The van der Waals surface area contributed by atoms with E-state index in [1.807, 2.05) is 0 Å². The lowest BCUT2D eigenvalue weighted by molar-refractivity contribution is 0.0690. The summed E-state index contributed by atoms with van der Waals surface area (Å²) in [6.45, 7) is 0.928. The Balaban J connectivity index is 1.35. The molecule has 0 bridgehead atoms. The Kier molecular flexibility index (Phi) is 6.42. The van der Waals surface area contributed by atoms with Crippen LogP contribution >= 0.6 is 23.2 Å². The summed E-state index contributed by atoms with van der Waals surface area (Å²) < 4.78 is 35.3. The molecular formula is C19H20Cl2N6O4S. The van der Waals surface area contributed by atoms with Gasteiger partial charge in [0.15, 0.2) is 18.2 Å². The third-order valence-corrected chi connectivity index (χ3v) is 7.41. The predicted molar refractivity (Wildman–Crippen MR) is 117 cm³/mol. The number of amides is 1. The number of nitrogens with zero attached hydrogens (tertiary/aromatic N) is 6. The van der Waals surface area contributed by atoms with E-state index >= 15 is 0 Å². The van der Waals surface area contributed by atoms with Crippen molar-refractivity contribution < 1.29 is 17.9 Å². The van der Waals surface area contributed by atoms with Crippen molar-refractivity contribution in [2.24, 2.45) is 7.05 Å². The van der Waals surface area contributed by atoms with Gasteiger partial charge >= 0.3 is 0 Å². The number of aromatic nitrogens is 4. The summed E-state index contributed by atoms with van der Waals surface area (Å²) in [6, 6.07) is 6.62. The second-order valence-corrected chi connectivity index (χ2v) is 9.86. The van der Waals surface area contributed by atoms with E-state index in [1.54, 1.807) is 42.4 Å². The molecule has 0 unspecified atom stereocenters. The minimum Gasteiger partial charge on any atom is -0.468 e. The molecule has 4 rings (SSSR count). The minimum atomic E-state index is -3.64. The summed E-state index contributed by atoms with van der Waals surface area (Å²) in [5.74, 6) is 0.0584. The van der Waals surface area contributed by atoms with Crippen molar-refractivity contribution in [3.63, 3.8) is 0 Å². The Bertz CT molecular complexity index is 1210. The number of piperazine rings is 1. The average molecular weight is 499 g/mol. The zero-order chi connectivity index (χ0) is 22.9. The number of benzene rings is 1. The summed E-state index contributed by atoms with van der Waals surface area (Å²) in [5, 5.41) is 8.92. The molecule has 1 amide bonds. The lowest BCUT2D eigenvalue weighted by atomic mass is 10.3. The van der Waals surface area contributed by atoms with Gasteiger partial charge in [-0.2, -0.15) is 14.5 Å². The van der Waals surface area contributed by atoms with Crippen LogP contribution in [0.3, 0.4) is 0 Å². The molecule has 0 radical (unpaired) electrons. The number of carbonyl (C=O) groups excluding carboxylic acids is 1. The van der Waals surface area contributed by atoms with Crippen molar-refractivity contribution >= 4 is 39.1 Å². The van der Waals surface area contributed by atoms with Gasteiger partial charge in [-0.3, -0.25) is 9.48 Å². The van der Waals surface area contributed by atoms with Gasteiger partial charge < -0.3 is 9.64 Å². The van der Waals surface area contributed by atoms with Crippen molar-refractivity contribution in [1.29, 1.82) is 0 Å². The summed E-state index contributed by atoms with van der Waals surface area (Å²) in [6.07, 6.45) is 4.38. The van der Waals surface area contributed by atoms with Gasteiger partial charge in [-0.15, -0.1) is 0 Å². The molecule has 0 spiro atoms. The molecule has 170 valence electrons. The number of hydrogen-bond donors (Lipinski definition) is 0. The first kappa shape index (κ1) is 22.6. The molecule has 0 saturated carbocycles. The lowest BCUT2D eigenvalue weighted by Crippen LogP contribution is -2.50. The standard InChI is InChI=1S/C19H20Cl2N6O4S/c1-24-12-14(11-22-24)32(29,30)27-9-7-25(8-10-27)19(28)17-5-6-26(23-17)13-31-18-15(20)3-2-4-16(18)21/h2-6,11-12H,7-10,13H2,1H3. The molecule has 32 heavy (non-hydrogen) atoms. The SMILES string of the molecule is Cn1cc(S(=O)(=O)N2CCN(C(=O)c3ccn(COc4c(Cl)cccc4Cl)n3)CC2)cn1. The van der Waals surface area contributed by atoms with E-state index in [4.69, 9.17) is 27.9 Å². The first-order valence-electron chi connectivity index (χ1n) is 9.64. The molecule has 10 nitrogen and oxygen atoms in total. The maximum absolute atomic E-state index is 12.8. The fourth-order valence-corrected chi connectivity index (χ4v) is 5.19.